The highest BCUT2D eigenvalue weighted by Gasteiger charge is 2.08. The van der Waals surface area contributed by atoms with Crippen LogP contribution in [0.1, 0.15) is 18.5 Å². The lowest BCUT2D eigenvalue weighted by atomic mass is 10.1. The predicted octanol–water partition coefficient (Wildman–Crippen LogP) is 5.23. The molecule has 0 spiro atoms. The fraction of sp³-hybridized carbons (Fsp3) is 0.167. The summed E-state index contributed by atoms with van der Waals surface area (Å²) < 4.78 is 0.808. The zero-order chi connectivity index (χ0) is 11.5. The van der Waals surface area contributed by atoms with Crippen molar-refractivity contribution < 1.29 is 0 Å². The van der Waals surface area contributed by atoms with Gasteiger partial charge in [0.15, 0.2) is 0 Å². The molecule has 0 aliphatic carbocycles. The Morgan fingerprint density at radius 1 is 1.25 bits per heavy atom. The lowest BCUT2D eigenvalue weighted by Crippen LogP contribution is -2.05. The van der Waals surface area contributed by atoms with Crippen molar-refractivity contribution in [2.45, 2.75) is 13.0 Å². The van der Waals surface area contributed by atoms with Gasteiger partial charge in [-0.3, -0.25) is 0 Å². The Balaban J connectivity index is 2.13. The topological polar surface area (TPSA) is 12.0 Å². The van der Waals surface area contributed by atoms with Crippen molar-refractivity contribution in [3.05, 3.63) is 50.6 Å². The minimum absolute atomic E-state index is 0.198. The van der Waals surface area contributed by atoms with Crippen molar-refractivity contribution in [2.24, 2.45) is 0 Å². The number of hydrogen-bond donors (Lipinski definition) is 1. The second kappa shape index (κ2) is 5.09. The molecule has 0 amide bonds. The molecule has 4 heteroatoms. The van der Waals surface area contributed by atoms with Gasteiger partial charge in [-0.1, -0.05) is 35.3 Å². The maximum Gasteiger partial charge on any atom is 0.0931 e. The summed E-state index contributed by atoms with van der Waals surface area (Å²) in [6.45, 7) is 2.09. The van der Waals surface area contributed by atoms with Crippen LogP contribution in [0.5, 0.6) is 0 Å². The highest BCUT2D eigenvalue weighted by Crippen LogP contribution is 2.29. The van der Waals surface area contributed by atoms with Gasteiger partial charge < -0.3 is 5.32 Å². The number of halogens is 2. The summed E-state index contributed by atoms with van der Waals surface area (Å²) in [5, 5.41) is 6.14. The van der Waals surface area contributed by atoms with Crippen molar-refractivity contribution >= 4 is 40.2 Å². The SMILES string of the molecule is CC(Nc1ccccc1Cl)c1csc(Cl)c1. The summed E-state index contributed by atoms with van der Waals surface area (Å²) in [6.07, 6.45) is 0. The third-order valence-corrected chi connectivity index (χ3v) is 3.77. The maximum atomic E-state index is 6.08. The molecule has 0 saturated carbocycles. The van der Waals surface area contributed by atoms with Crippen molar-refractivity contribution in [1.29, 1.82) is 0 Å². The second-order valence-electron chi connectivity index (χ2n) is 3.53. The number of para-hydroxylation sites is 1. The number of nitrogens with one attached hydrogen (secondary N) is 1. The van der Waals surface area contributed by atoms with Gasteiger partial charge in [0.1, 0.15) is 0 Å². The monoisotopic (exact) mass is 271 g/mol. The van der Waals surface area contributed by atoms with E-state index in [9.17, 15) is 0 Å². The Morgan fingerprint density at radius 3 is 2.62 bits per heavy atom. The van der Waals surface area contributed by atoms with Gasteiger partial charge in [-0.2, -0.15) is 0 Å². The van der Waals surface area contributed by atoms with E-state index in [1.807, 2.05) is 30.3 Å². The largest absolute Gasteiger partial charge is 0.377 e. The van der Waals surface area contributed by atoms with E-state index in [1.165, 1.54) is 16.9 Å². The molecule has 1 aromatic carbocycles. The van der Waals surface area contributed by atoms with Crippen LogP contribution in [0.2, 0.25) is 9.36 Å². The molecule has 1 aromatic heterocycles. The van der Waals surface area contributed by atoms with Crippen LogP contribution in [0.25, 0.3) is 0 Å². The van der Waals surface area contributed by atoms with Gasteiger partial charge in [-0.15, -0.1) is 11.3 Å². The lowest BCUT2D eigenvalue weighted by Gasteiger charge is -2.14. The average molecular weight is 272 g/mol. The Bertz CT molecular complexity index is 481. The predicted molar refractivity (Wildman–Crippen MR) is 72.8 cm³/mol. The molecule has 0 radical (unpaired) electrons. The highest BCUT2D eigenvalue weighted by molar-refractivity contribution is 7.14. The van der Waals surface area contributed by atoms with E-state index in [-0.39, 0.29) is 6.04 Å². The minimum atomic E-state index is 0.198. The van der Waals surface area contributed by atoms with Gasteiger partial charge >= 0.3 is 0 Å². The first kappa shape index (κ1) is 11.8. The summed E-state index contributed by atoms with van der Waals surface area (Å²) in [4.78, 5) is 0. The fourth-order valence-corrected chi connectivity index (χ4v) is 2.62. The molecule has 84 valence electrons. The van der Waals surface area contributed by atoms with Crippen LogP contribution in [-0.2, 0) is 0 Å². The molecule has 0 fully saturated rings. The molecule has 16 heavy (non-hydrogen) atoms. The molecule has 1 N–H and O–H groups in total. The third-order valence-electron chi connectivity index (χ3n) is 2.33. The smallest absolute Gasteiger partial charge is 0.0931 e. The van der Waals surface area contributed by atoms with Crippen molar-refractivity contribution in [1.82, 2.24) is 0 Å². The first-order chi connectivity index (χ1) is 7.66. The van der Waals surface area contributed by atoms with Gasteiger partial charge in [-0.05, 0) is 36.1 Å². The number of anilines is 1. The van der Waals surface area contributed by atoms with E-state index < -0.39 is 0 Å². The zero-order valence-electron chi connectivity index (χ0n) is 8.71. The van der Waals surface area contributed by atoms with Crippen molar-refractivity contribution in [3.8, 4) is 0 Å². The van der Waals surface area contributed by atoms with E-state index in [2.05, 4.69) is 17.6 Å². The normalized spacial score (nSPS) is 12.4. The van der Waals surface area contributed by atoms with Gasteiger partial charge in [0.05, 0.1) is 15.0 Å². The number of rotatable bonds is 3. The van der Waals surface area contributed by atoms with Gasteiger partial charge in [0, 0.05) is 6.04 Å². The highest BCUT2D eigenvalue weighted by atomic mass is 35.5. The van der Waals surface area contributed by atoms with E-state index in [1.54, 1.807) is 0 Å². The molecule has 0 aliphatic heterocycles. The van der Waals surface area contributed by atoms with Gasteiger partial charge in [0.25, 0.3) is 0 Å². The summed E-state index contributed by atoms with van der Waals surface area (Å²) in [5.41, 5.74) is 2.12. The van der Waals surface area contributed by atoms with E-state index in [0.717, 1.165) is 15.0 Å². The van der Waals surface area contributed by atoms with Crippen LogP contribution in [0.15, 0.2) is 35.7 Å². The first-order valence-corrected chi connectivity index (χ1v) is 6.55. The number of benzene rings is 1. The fourth-order valence-electron chi connectivity index (χ4n) is 1.45. The molecular weight excluding hydrogens is 261 g/mol. The Hall–Kier alpha value is -0.700. The van der Waals surface area contributed by atoms with Crippen LogP contribution in [0, 0.1) is 0 Å². The summed E-state index contributed by atoms with van der Waals surface area (Å²) in [7, 11) is 0. The summed E-state index contributed by atoms with van der Waals surface area (Å²) in [5.74, 6) is 0. The molecule has 1 atom stereocenters. The summed E-state index contributed by atoms with van der Waals surface area (Å²) in [6, 6.07) is 9.88. The quantitative estimate of drug-likeness (QED) is 0.806. The van der Waals surface area contributed by atoms with E-state index >= 15 is 0 Å². The van der Waals surface area contributed by atoms with Crippen LogP contribution >= 0.6 is 34.5 Å². The Kier molecular flexibility index (Phi) is 3.74. The molecule has 1 unspecified atom stereocenters. The molecule has 2 aromatic rings. The molecule has 0 bridgehead atoms. The van der Waals surface area contributed by atoms with Crippen LogP contribution in [0.4, 0.5) is 5.69 Å². The second-order valence-corrected chi connectivity index (χ2v) is 5.48. The van der Waals surface area contributed by atoms with Gasteiger partial charge in [0.2, 0.25) is 0 Å². The average Bonchev–Trinajstić information content (AvgIpc) is 2.68. The van der Waals surface area contributed by atoms with E-state index in [0.29, 0.717) is 0 Å². The molecule has 2 rings (SSSR count). The standard InChI is InChI=1S/C12H11Cl2NS/c1-8(9-6-12(14)16-7-9)15-11-5-3-2-4-10(11)13/h2-8,15H,1H3. The van der Waals surface area contributed by atoms with E-state index in [4.69, 9.17) is 23.2 Å². The summed E-state index contributed by atoms with van der Waals surface area (Å²) >= 11 is 13.5. The van der Waals surface area contributed by atoms with Crippen LogP contribution in [0.3, 0.4) is 0 Å². The molecule has 1 heterocycles. The van der Waals surface area contributed by atoms with Crippen molar-refractivity contribution in [3.63, 3.8) is 0 Å². The Labute approximate surface area is 109 Å². The molecule has 0 aliphatic rings. The van der Waals surface area contributed by atoms with Crippen molar-refractivity contribution in [2.75, 3.05) is 5.32 Å². The molecular formula is C12H11Cl2NS. The first-order valence-electron chi connectivity index (χ1n) is 4.92. The zero-order valence-corrected chi connectivity index (χ0v) is 11.0. The van der Waals surface area contributed by atoms with Gasteiger partial charge in [-0.25, -0.2) is 0 Å². The third kappa shape index (κ3) is 2.70. The van der Waals surface area contributed by atoms with Crippen LogP contribution < -0.4 is 5.32 Å². The number of hydrogen-bond acceptors (Lipinski definition) is 2. The molecule has 0 saturated heterocycles. The Morgan fingerprint density at radius 2 is 2.00 bits per heavy atom. The molecule has 1 nitrogen and oxygen atoms in total. The number of thiophene rings is 1. The minimum Gasteiger partial charge on any atom is -0.377 e. The lowest BCUT2D eigenvalue weighted by molar-refractivity contribution is 0.891. The van der Waals surface area contributed by atoms with Crippen LogP contribution in [-0.4, -0.2) is 0 Å². The maximum absolute atomic E-state index is 6.08.